The number of halogens is 1. The fourth-order valence-corrected chi connectivity index (χ4v) is 2.85. The second kappa shape index (κ2) is 7.07. The molecule has 0 aliphatic carbocycles. The smallest absolute Gasteiger partial charge is 0.338 e. The van der Waals surface area contributed by atoms with E-state index < -0.39 is 12.1 Å². The molecule has 0 radical (unpaired) electrons. The van der Waals surface area contributed by atoms with Crippen LogP contribution in [0.25, 0.3) is 11.0 Å². The Bertz CT molecular complexity index is 1030. The summed E-state index contributed by atoms with van der Waals surface area (Å²) in [5.41, 5.74) is 2.53. The highest BCUT2D eigenvalue weighted by Crippen LogP contribution is 2.20. The number of fused-ring (bicyclic) bond motifs is 1. The van der Waals surface area contributed by atoms with Crippen molar-refractivity contribution in [3.63, 3.8) is 0 Å². The van der Waals surface area contributed by atoms with Crippen LogP contribution in [-0.4, -0.2) is 15.5 Å². The third-order valence-electron chi connectivity index (χ3n) is 4.28. The van der Waals surface area contributed by atoms with Crippen LogP contribution in [-0.2, 0) is 11.3 Å². The molecule has 1 atom stereocenters. The molecule has 0 aliphatic heterocycles. The standard InChI is InChI=1S/C20H19FN2O3/c1-4-23-18-10-7-15(11-17(18)22-12(2)19(23)24)20(25)26-13(3)14-5-8-16(21)9-6-14/h5-11,13H,4H2,1-3H3/t13-/m1/s1. The largest absolute Gasteiger partial charge is 0.454 e. The van der Waals surface area contributed by atoms with E-state index in [-0.39, 0.29) is 11.4 Å². The van der Waals surface area contributed by atoms with E-state index in [1.807, 2.05) is 6.92 Å². The summed E-state index contributed by atoms with van der Waals surface area (Å²) in [6.07, 6.45) is -0.516. The molecule has 0 aliphatic rings. The Morgan fingerprint density at radius 1 is 1.23 bits per heavy atom. The predicted molar refractivity (Wildman–Crippen MR) is 96.6 cm³/mol. The van der Waals surface area contributed by atoms with Crippen molar-refractivity contribution in [2.45, 2.75) is 33.4 Å². The highest BCUT2D eigenvalue weighted by Gasteiger charge is 2.16. The molecule has 2 aromatic carbocycles. The lowest BCUT2D eigenvalue weighted by Gasteiger charge is -2.14. The van der Waals surface area contributed by atoms with Gasteiger partial charge in [-0.2, -0.15) is 0 Å². The maximum absolute atomic E-state index is 13.0. The number of nitrogens with zero attached hydrogens (tertiary/aromatic N) is 2. The van der Waals surface area contributed by atoms with E-state index in [9.17, 15) is 14.0 Å². The molecule has 0 N–H and O–H groups in total. The molecule has 0 saturated heterocycles. The Morgan fingerprint density at radius 2 is 1.92 bits per heavy atom. The average molecular weight is 354 g/mol. The summed E-state index contributed by atoms with van der Waals surface area (Å²) in [4.78, 5) is 28.9. The van der Waals surface area contributed by atoms with Crippen LogP contribution in [0, 0.1) is 12.7 Å². The van der Waals surface area contributed by atoms with E-state index in [1.165, 1.54) is 12.1 Å². The molecule has 5 nitrogen and oxygen atoms in total. The number of benzene rings is 2. The first-order valence-corrected chi connectivity index (χ1v) is 8.38. The van der Waals surface area contributed by atoms with Gasteiger partial charge in [-0.05, 0) is 56.7 Å². The van der Waals surface area contributed by atoms with Gasteiger partial charge in [0.05, 0.1) is 16.6 Å². The number of hydrogen-bond acceptors (Lipinski definition) is 4. The Morgan fingerprint density at radius 3 is 2.58 bits per heavy atom. The van der Waals surface area contributed by atoms with Gasteiger partial charge >= 0.3 is 5.97 Å². The Kier molecular flexibility index (Phi) is 4.84. The van der Waals surface area contributed by atoms with E-state index in [1.54, 1.807) is 48.7 Å². The lowest BCUT2D eigenvalue weighted by atomic mass is 10.1. The van der Waals surface area contributed by atoms with Crippen molar-refractivity contribution >= 4 is 17.0 Å². The molecule has 134 valence electrons. The maximum Gasteiger partial charge on any atom is 0.338 e. The monoisotopic (exact) mass is 354 g/mol. The SMILES string of the molecule is CCn1c(=O)c(C)nc2cc(C(=O)O[C@H](C)c3ccc(F)cc3)ccc21. The highest BCUT2D eigenvalue weighted by molar-refractivity contribution is 5.93. The second-order valence-electron chi connectivity index (χ2n) is 6.05. The van der Waals surface area contributed by atoms with E-state index in [4.69, 9.17) is 4.74 Å². The summed E-state index contributed by atoms with van der Waals surface area (Å²) in [5, 5.41) is 0. The van der Waals surface area contributed by atoms with Crippen molar-refractivity contribution in [2.75, 3.05) is 0 Å². The summed E-state index contributed by atoms with van der Waals surface area (Å²) < 4.78 is 20.1. The Labute approximate surface area is 150 Å². The Hall–Kier alpha value is -3.02. The number of esters is 1. The number of ether oxygens (including phenoxy) is 1. The van der Waals surface area contributed by atoms with E-state index in [0.29, 0.717) is 34.4 Å². The molecule has 0 spiro atoms. The molecule has 0 saturated carbocycles. The second-order valence-corrected chi connectivity index (χ2v) is 6.05. The molecule has 1 heterocycles. The summed E-state index contributed by atoms with van der Waals surface area (Å²) >= 11 is 0. The molecular formula is C20H19FN2O3. The van der Waals surface area contributed by atoms with Crippen molar-refractivity contribution in [3.05, 3.63) is 75.5 Å². The minimum absolute atomic E-state index is 0.139. The van der Waals surface area contributed by atoms with Gasteiger partial charge in [0, 0.05) is 6.54 Å². The fourth-order valence-electron chi connectivity index (χ4n) is 2.85. The van der Waals surface area contributed by atoms with Gasteiger partial charge in [-0.15, -0.1) is 0 Å². The van der Waals surface area contributed by atoms with Crippen molar-refractivity contribution in [1.29, 1.82) is 0 Å². The Balaban J connectivity index is 1.90. The van der Waals surface area contributed by atoms with Gasteiger partial charge in [0.1, 0.15) is 17.6 Å². The van der Waals surface area contributed by atoms with E-state index >= 15 is 0 Å². The zero-order chi connectivity index (χ0) is 18.8. The van der Waals surface area contributed by atoms with Crippen LogP contribution in [0.15, 0.2) is 47.3 Å². The highest BCUT2D eigenvalue weighted by atomic mass is 19.1. The number of carbonyl (C=O) groups excluding carboxylic acids is 1. The summed E-state index contributed by atoms with van der Waals surface area (Å²) in [6, 6.07) is 10.8. The molecule has 0 amide bonds. The number of aromatic nitrogens is 2. The normalized spacial score (nSPS) is 12.2. The molecule has 1 aromatic heterocycles. The number of aryl methyl sites for hydroxylation is 2. The number of hydrogen-bond donors (Lipinski definition) is 0. The zero-order valence-electron chi connectivity index (χ0n) is 14.8. The molecule has 3 aromatic rings. The molecule has 26 heavy (non-hydrogen) atoms. The fraction of sp³-hybridized carbons (Fsp3) is 0.250. The van der Waals surface area contributed by atoms with Gasteiger partial charge in [0.25, 0.3) is 5.56 Å². The summed E-state index contributed by atoms with van der Waals surface area (Å²) in [5.74, 6) is -0.845. The quantitative estimate of drug-likeness (QED) is 0.669. The van der Waals surface area contributed by atoms with Crippen LogP contribution in [0.5, 0.6) is 0 Å². The minimum Gasteiger partial charge on any atom is -0.454 e. The first-order valence-electron chi connectivity index (χ1n) is 8.38. The summed E-state index contributed by atoms with van der Waals surface area (Å²) in [6.45, 7) is 5.77. The van der Waals surface area contributed by atoms with Crippen LogP contribution in [0.3, 0.4) is 0 Å². The van der Waals surface area contributed by atoms with Crippen molar-refractivity contribution in [3.8, 4) is 0 Å². The lowest BCUT2D eigenvalue weighted by Crippen LogP contribution is -2.23. The molecular weight excluding hydrogens is 335 g/mol. The van der Waals surface area contributed by atoms with Gasteiger partial charge in [-0.3, -0.25) is 4.79 Å². The maximum atomic E-state index is 13.0. The van der Waals surface area contributed by atoms with Gasteiger partial charge in [0.15, 0.2) is 0 Å². The van der Waals surface area contributed by atoms with E-state index in [2.05, 4.69) is 4.98 Å². The lowest BCUT2D eigenvalue weighted by molar-refractivity contribution is 0.0338. The third-order valence-corrected chi connectivity index (χ3v) is 4.28. The molecule has 0 fully saturated rings. The number of rotatable bonds is 4. The minimum atomic E-state index is -0.516. The topological polar surface area (TPSA) is 61.2 Å². The molecule has 0 bridgehead atoms. The zero-order valence-corrected chi connectivity index (χ0v) is 14.8. The van der Waals surface area contributed by atoms with Crippen LogP contribution in [0.2, 0.25) is 0 Å². The van der Waals surface area contributed by atoms with Crippen molar-refractivity contribution < 1.29 is 13.9 Å². The van der Waals surface area contributed by atoms with Crippen LogP contribution >= 0.6 is 0 Å². The molecule has 0 unspecified atom stereocenters. The number of carbonyl (C=O) groups is 1. The third kappa shape index (κ3) is 3.35. The molecule has 6 heteroatoms. The van der Waals surface area contributed by atoms with Gasteiger partial charge in [0.2, 0.25) is 0 Å². The predicted octanol–water partition coefficient (Wildman–Crippen LogP) is 3.78. The van der Waals surface area contributed by atoms with Gasteiger partial charge in [-0.1, -0.05) is 12.1 Å². The molecule has 3 rings (SSSR count). The van der Waals surface area contributed by atoms with Crippen molar-refractivity contribution in [2.24, 2.45) is 0 Å². The van der Waals surface area contributed by atoms with Gasteiger partial charge < -0.3 is 9.30 Å². The van der Waals surface area contributed by atoms with E-state index in [0.717, 1.165) is 0 Å². The first-order chi connectivity index (χ1) is 12.4. The van der Waals surface area contributed by atoms with Crippen LogP contribution in [0.1, 0.15) is 41.6 Å². The first kappa shape index (κ1) is 17.8. The van der Waals surface area contributed by atoms with Crippen LogP contribution < -0.4 is 5.56 Å². The average Bonchev–Trinajstić information content (AvgIpc) is 2.63. The van der Waals surface area contributed by atoms with Crippen molar-refractivity contribution in [1.82, 2.24) is 9.55 Å². The van der Waals surface area contributed by atoms with Gasteiger partial charge in [-0.25, -0.2) is 14.2 Å². The van der Waals surface area contributed by atoms with Crippen LogP contribution in [0.4, 0.5) is 4.39 Å². The summed E-state index contributed by atoms with van der Waals surface area (Å²) in [7, 11) is 0.